The molecule has 0 aliphatic carbocycles. The molecule has 1 aromatic heterocycles. The number of hydrogen-bond acceptors (Lipinski definition) is 4. The van der Waals surface area contributed by atoms with Crippen molar-refractivity contribution in [2.75, 3.05) is 6.54 Å². The third-order valence-corrected chi connectivity index (χ3v) is 2.76. The minimum absolute atomic E-state index is 0.0554. The number of nitrogens with zero attached hydrogens (tertiary/aromatic N) is 2. The van der Waals surface area contributed by atoms with Crippen LogP contribution in [0.4, 0.5) is 13.2 Å². The van der Waals surface area contributed by atoms with Crippen LogP contribution < -0.4 is 5.73 Å². The second-order valence-electron chi connectivity index (χ2n) is 4.33. The van der Waals surface area contributed by atoms with Crippen molar-refractivity contribution in [1.29, 1.82) is 0 Å². The molecule has 2 N–H and O–H groups in total. The molecule has 4 nitrogen and oxygen atoms in total. The van der Waals surface area contributed by atoms with Crippen molar-refractivity contribution < 1.29 is 17.7 Å². The highest BCUT2D eigenvalue weighted by atomic mass is 19.4. The number of halogens is 3. The number of rotatable bonds is 5. The third kappa shape index (κ3) is 3.80. The maximum Gasteiger partial charge on any atom is 0.389 e. The average Bonchev–Trinajstić information content (AvgIpc) is 2.85. The van der Waals surface area contributed by atoms with Gasteiger partial charge in [-0.3, -0.25) is 0 Å². The van der Waals surface area contributed by atoms with Crippen LogP contribution in [0.2, 0.25) is 0 Å². The van der Waals surface area contributed by atoms with E-state index in [4.69, 9.17) is 10.3 Å². The molecule has 0 radical (unpaired) electrons. The lowest BCUT2D eigenvalue weighted by atomic mass is 10.0. The first-order valence-corrected chi connectivity index (χ1v) is 6.17. The van der Waals surface area contributed by atoms with Crippen LogP contribution >= 0.6 is 0 Å². The summed E-state index contributed by atoms with van der Waals surface area (Å²) >= 11 is 0. The third-order valence-electron chi connectivity index (χ3n) is 2.76. The van der Waals surface area contributed by atoms with E-state index >= 15 is 0 Å². The van der Waals surface area contributed by atoms with Crippen LogP contribution in [0.1, 0.15) is 17.8 Å². The second kappa shape index (κ2) is 6.04. The first-order valence-electron chi connectivity index (χ1n) is 6.17. The Balaban J connectivity index is 2.16. The van der Waals surface area contributed by atoms with E-state index in [2.05, 4.69) is 10.1 Å². The fraction of sp³-hybridized carbons (Fsp3) is 0.385. The second-order valence-corrected chi connectivity index (χ2v) is 4.33. The van der Waals surface area contributed by atoms with Gasteiger partial charge in [-0.1, -0.05) is 23.4 Å². The van der Waals surface area contributed by atoms with E-state index in [-0.39, 0.29) is 18.1 Å². The van der Waals surface area contributed by atoms with E-state index in [0.717, 1.165) is 5.56 Å². The molecule has 0 aliphatic heterocycles. The van der Waals surface area contributed by atoms with Gasteiger partial charge in [-0.15, -0.1) is 0 Å². The maximum absolute atomic E-state index is 12.1. The Labute approximate surface area is 113 Å². The smallest absolute Gasteiger partial charge is 0.334 e. The summed E-state index contributed by atoms with van der Waals surface area (Å²) in [5.74, 6) is 0.283. The molecule has 0 bridgehead atoms. The first-order chi connectivity index (χ1) is 9.49. The van der Waals surface area contributed by atoms with Gasteiger partial charge in [-0.05, 0) is 24.6 Å². The topological polar surface area (TPSA) is 64.9 Å². The summed E-state index contributed by atoms with van der Waals surface area (Å²) in [6.07, 6.45) is -4.84. The summed E-state index contributed by atoms with van der Waals surface area (Å²) in [5, 5.41) is 3.58. The van der Waals surface area contributed by atoms with Gasteiger partial charge in [0.05, 0.1) is 6.42 Å². The van der Waals surface area contributed by atoms with Gasteiger partial charge < -0.3 is 10.3 Å². The van der Waals surface area contributed by atoms with E-state index in [0.29, 0.717) is 18.5 Å². The van der Waals surface area contributed by atoms with Crippen LogP contribution in [0.25, 0.3) is 11.5 Å². The number of alkyl halides is 3. The van der Waals surface area contributed by atoms with Crippen LogP contribution in [0.5, 0.6) is 0 Å². The van der Waals surface area contributed by atoms with Crippen molar-refractivity contribution in [3.05, 3.63) is 35.7 Å². The van der Waals surface area contributed by atoms with Crippen LogP contribution in [0, 0.1) is 0 Å². The van der Waals surface area contributed by atoms with E-state index in [1.54, 1.807) is 12.1 Å². The van der Waals surface area contributed by atoms with Gasteiger partial charge in [0.25, 0.3) is 5.89 Å². The van der Waals surface area contributed by atoms with Gasteiger partial charge in [-0.2, -0.15) is 18.2 Å². The van der Waals surface area contributed by atoms with Crippen LogP contribution in [0.15, 0.2) is 28.8 Å². The quantitative estimate of drug-likeness (QED) is 0.917. The monoisotopic (exact) mass is 285 g/mol. The molecule has 0 saturated heterocycles. The SMILES string of the molecule is NCCc1ccccc1-c1nc(CCC(F)(F)F)no1. The lowest BCUT2D eigenvalue weighted by Gasteiger charge is -2.03. The molecule has 0 unspecified atom stereocenters. The van der Waals surface area contributed by atoms with E-state index in [9.17, 15) is 13.2 Å². The van der Waals surface area contributed by atoms with Gasteiger partial charge in [-0.25, -0.2) is 0 Å². The lowest BCUT2D eigenvalue weighted by Crippen LogP contribution is -2.09. The predicted molar refractivity (Wildman–Crippen MR) is 66.9 cm³/mol. The molecule has 0 spiro atoms. The van der Waals surface area contributed by atoms with E-state index in [1.807, 2.05) is 12.1 Å². The molecule has 0 amide bonds. The summed E-state index contributed by atoms with van der Waals surface area (Å²) in [7, 11) is 0. The highest BCUT2D eigenvalue weighted by molar-refractivity contribution is 5.58. The fourth-order valence-electron chi connectivity index (χ4n) is 1.82. The van der Waals surface area contributed by atoms with Gasteiger partial charge >= 0.3 is 6.18 Å². The molecule has 0 saturated carbocycles. The molecule has 1 aromatic carbocycles. The predicted octanol–water partition coefficient (Wildman–Crippen LogP) is 2.73. The minimum atomic E-state index is -4.22. The van der Waals surface area contributed by atoms with E-state index < -0.39 is 12.6 Å². The summed E-state index contributed by atoms with van der Waals surface area (Å²) < 4.78 is 41.4. The van der Waals surface area contributed by atoms with Crippen molar-refractivity contribution >= 4 is 0 Å². The molecule has 0 fully saturated rings. The largest absolute Gasteiger partial charge is 0.389 e. The van der Waals surface area contributed by atoms with Gasteiger partial charge in [0.1, 0.15) is 0 Å². The number of benzene rings is 1. The molecule has 1 heterocycles. The number of aryl methyl sites for hydroxylation is 1. The fourth-order valence-corrected chi connectivity index (χ4v) is 1.82. The molecule has 0 atom stereocenters. The average molecular weight is 285 g/mol. The minimum Gasteiger partial charge on any atom is -0.334 e. The Bertz CT molecular complexity index is 566. The Morgan fingerprint density at radius 1 is 1.15 bits per heavy atom. The Kier molecular flexibility index (Phi) is 4.39. The molecule has 7 heteroatoms. The van der Waals surface area contributed by atoms with Gasteiger partial charge in [0, 0.05) is 12.0 Å². The van der Waals surface area contributed by atoms with Crippen LogP contribution in [-0.2, 0) is 12.8 Å². The summed E-state index contributed by atoms with van der Waals surface area (Å²) in [5.41, 5.74) is 7.16. The lowest BCUT2D eigenvalue weighted by molar-refractivity contribution is -0.134. The Morgan fingerprint density at radius 3 is 2.60 bits per heavy atom. The van der Waals surface area contributed by atoms with Crippen molar-refractivity contribution in [2.24, 2.45) is 5.73 Å². The van der Waals surface area contributed by atoms with Crippen LogP contribution in [-0.4, -0.2) is 22.9 Å². The number of aromatic nitrogens is 2. The molecular weight excluding hydrogens is 271 g/mol. The number of nitrogens with two attached hydrogens (primary N) is 1. The summed E-state index contributed by atoms with van der Waals surface area (Å²) in [6, 6.07) is 7.32. The molecule has 2 aromatic rings. The van der Waals surface area contributed by atoms with Crippen LogP contribution in [0.3, 0.4) is 0 Å². The molecule has 108 valence electrons. The van der Waals surface area contributed by atoms with E-state index in [1.165, 1.54) is 0 Å². The summed E-state index contributed by atoms with van der Waals surface area (Å²) in [4.78, 5) is 4.01. The van der Waals surface area contributed by atoms with Crippen molar-refractivity contribution in [3.8, 4) is 11.5 Å². The zero-order chi connectivity index (χ0) is 14.6. The first kappa shape index (κ1) is 14.5. The molecular formula is C13H14F3N3O. The van der Waals surface area contributed by atoms with Gasteiger partial charge in [0.15, 0.2) is 5.82 Å². The van der Waals surface area contributed by atoms with Crippen molar-refractivity contribution in [2.45, 2.75) is 25.4 Å². The Hall–Kier alpha value is -1.89. The molecule has 0 aliphatic rings. The zero-order valence-corrected chi connectivity index (χ0v) is 10.7. The standard InChI is InChI=1S/C13H14F3N3O/c14-13(15,16)7-5-11-18-12(20-19-11)10-4-2-1-3-9(10)6-8-17/h1-4H,5-8,17H2. The number of hydrogen-bond donors (Lipinski definition) is 1. The molecule has 20 heavy (non-hydrogen) atoms. The highest BCUT2D eigenvalue weighted by Crippen LogP contribution is 2.24. The van der Waals surface area contributed by atoms with Crippen molar-refractivity contribution in [3.63, 3.8) is 0 Å². The highest BCUT2D eigenvalue weighted by Gasteiger charge is 2.27. The normalized spacial score (nSPS) is 11.8. The molecule has 2 rings (SSSR count). The maximum atomic E-state index is 12.1. The van der Waals surface area contributed by atoms with Gasteiger partial charge in [0.2, 0.25) is 0 Å². The Morgan fingerprint density at radius 2 is 1.90 bits per heavy atom. The van der Waals surface area contributed by atoms with Crippen molar-refractivity contribution in [1.82, 2.24) is 10.1 Å². The summed E-state index contributed by atoms with van der Waals surface area (Å²) in [6.45, 7) is 0.464. The zero-order valence-electron chi connectivity index (χ0n) is 10.7.